The minimum absolute atomic E-state index is 0. The predicted molar refractivity (Wildman–Crippen MR) is 56.2 cm³/mol. The second-order valence-corrected chi connectivity index (χ2v) is 2.64. The van der Waals surface area contributed by atoms with Crippen molar-refractivity contribution in [2.45, 2.75) is 0 Å². The summed E-state index contributed by atoms with van der Waals surface area (Å²) in [4.78, 5) is 11.2. The van der Waals surface area contributed by atoms with Crippen molar-refractivity contribution < 1.29 is 9.15 Å². The van der Waals surface area contributed by atoms with Crippen LogP contribution in [0.5, 0.6) is 5.75 Å². The molecule has 0 aliphatic rings. The molecule has 4 heteroatoms. The Labute approximate surface area is 103 Å². The average Bonchev–Trinajstić information content (AvgIpc) is 2.17. The molecule has 0 saturated heterocycles. The molecule has 0 aliphatic carbocycles. The van der Waals surface area contributed by atoms with Gasteiger partial charge in [-0.05, 0) is 12.1 Å². The molecule has 68 valence electrons. The summed E-state index contributed by atoms with van der Waals surface area (Å²) in [5.41, 5.74) is 0.134. The number of benzene rings is 1. The molecule has 1 aromatic heterocycles. The summed E-state index contributed by atoms with van der Waals surface area (Å²) in [6.07, 6.45) is 0. The maximum absolute atomic E-state index is 11.2. The fraction of sp³-hybridized carbons (Fsp3) is 0.100. The fourth-order valence-electron chi connectivity index (χ4n) is 1.19. The van der Waals surface area contributed by atoms with E-state index in [1.165, 1.54) is 7.11 Å². The molecule has 2 aromatic rings. The molecule has 0 saturated carbocycles. The van der Waals surface area contributed by atoms with E-state index in [1.54, 1.807) is 12.1 Å². The third-order valence-corrected chi connectivity index (χ3v) is 1.83. The van der Waals surface area contributed by atoms with Gasteiger partial charge in [-0.25, -0.2) is 4.79 Å². The Morgan fingerprint density at radius 3 is 2.71 bits per heavy atom. The van der Waals surface area contributed by atoms with Crippen molar-refractivity contribution >= 4 is 40.5 Å². The first kappa shape index (κ1) is 11.3. The van der Waals surface area contributed by atoms with Gasteiger partial charge in [0.05, 0.1) is 7.11 Å². The second kappa shape index (κ2) is 4.64. The SMILES string of the molecule is COc1cc2ccccc2oc1=O.[NaH]. The van der Waals surface area contributed by atoms with Gasteiger partial charge in [-0.1, -0.05) is 18.2 Å². The molecule has 1 aromatic carbocycles. The number of para-hydroxylation sites is 1. The van der Waals surface area contributed by atoms with E-state index in [9.17, 15) is 4.79 Å². The van der Waals surface area contributed by atoms with E-state index < -0.39 is 5.63 Å². The molecular formula is C10H9NaO3. The summed E-state index contributed by atoms with van der Waals surface area (Å²) in [5, 5.41) is 0.860. The van der Waals surface area contributed by atoms with Crippen LogP contribution in [0, 0.1) is 0 Å². The molecule has 3 nitrogen and oxygen atoms in total. The number of rotatable bonds is 1. The van der Waals surface area contributed by atoms with Gasteiger partial charge in [-0.3, -0.25) is 0 Å². The van der Waals surface area contributed by atoms with E-state index >= 15 is 0 Å². The molecule has 0 radical (unpaired) electrons. The number of ether oxygens (including phenoxy) is 1. The van der Waals surface area contributed by atoms with Crippen molar-refractivity contribution in [3.8, 4) is 5.75 Å². The predicted octanol–water partition coefficient (Wildman–Crippen LogP) is 1.15. The Balaban J connectivity index is 0.000000980. The van der Waals surface area contributed by atoms with Crippen LogP contribution >= 0.6 is 0 Å². The Hall–Kier alpha value is -0.770. The van der Waals surface area contributed by atoms with Gasteiger partial charge >= 0.3 is 35.2 Å². The summed E-state index contributed by atoms with van der Waals surface area (Å²) >= 11 is 0. The van der Waals surface area contributed by atoms with Crippen molar-refractivity contribution in [2.24, 2.45) is 0 Å². The van der Waals surface area contributed by atoms with Crippen LogP contribution in [-0.4, -0.2) is 36.7 Å². The third-order valence-electron chi connectivity index (χ3n) is 1.83. The fourth-order valence-corrected chi connectivity index (χ4v) is 1.19. The van der Waals surface area contributed by atoms with Crippen LogP contribution in [0.15, 0.2) is 39.5 Å². The molecule has 14 heavy (non-hydrogen) atoms. The van der Waals surface area contributed by atoms with E-state index in [1.807, 2.05) is 18.2 Å². The third kappa shape index (κ3) is 2.00. The molecule has 0 aliphatic heterocycles. The Morgan fingerprint density at radius 1 is 1.29 bits per heavy atom. The summed E-state index contributed by atoms with van der Waals surface area (Å²) in [7, 11) is 1.45. The van der Waals surface area contributed by atoms with Gasteiger partial charge in [0, 0.05) is 5.39 Å². The first-order valence-electron chi connectivity index (χ1n) is 3.88. The molecule has 0 bridgehead atoms. The summed E-state index contributed by atoms with van der Waals surface area (Å²) in [5.74, 6) is 0.235. The molecule has 0 N–H and O–H groups in total. The van der Waals surface area contributed by atoms with E-state index in [4.69, 9.17) is 9.15 Å². The van der Waals surface area contributed by atoms with Gasteiger partial charge in [0.1, 0.15) is 5.58 Å². The first-order valence-corrected chi connectivity index (χ1v) is 3.88. The molecule has 0 fully saturated rings. The van der Waals surface area contributed by atoms with Gasteiger partial charge in [0.15, 0.2) is 0 Å². The molecule has 0 unspecified atom stereocenters. The van der Waals surface area contributed by atoms with Gasteiger partial charge in [-0.15, -0.1) is 0 Å². The second-order valence-electron chi connectivity index (χ2n) is 2.64. The normalized spacial score (nSPS) is 9.50. The zero-order valence-corrected chi connectivity index (χ0v) is 7.11. The van der Waals surface area contributed by atoms with Gasteiger partial charge in [-0.2, -0.15) is 0 Å². The van der Waals surface area contributed by atoms with E-state index in [0.717, 1.165) is 5.39 Å². The molecule has 0 atom stereocenters. The Kier molecular flexibility index (Phi) is 3.75. The van der Waals surface area contributed by atoms with Crippen LogP contribution in [-0.2, 0) is 0 Å². The first-order chi connectivity index (χ1) is 6.31. The summed E-state index contributed by atoms with van der Waals surface area (Å²) in [6, 6.07) is 8.97. The van der Waals surface area contributed by atoms with Crippen LogP contribution in [0.4, 0.5) is 0 Å². The van der Waals surface area contributed by atoms with Gasteiger partial charge < -0.3 is 9.15 Å². The van der Waals surface area contributed by atoms with E-state index in [0.29, 0.717) is 5.58 Å². The number of fused-ring (bicyclic) bond motifs is 1. The van der Waals surface area contributed by atoms with Crippen molar-refractivity contribution in [2.75, 3.05) is 7.11 Å². The van der Waals surface area contributed by atoms with Crippen molar-refractivity contribution in [3.63, 3.8) is 0 Å². The average molecular weight is 200 g/mol. The van der Waals surface area contributed by atoms with Gasteiger partial charge in [0.2, 0.25) is 5.75 Å². The van der Waals surface area contributed by atoms with E-state index in [-0.39, 0.29) is 35.3 Å². The Morgan fingerprint density at radius 2 is 2.00 bits per heavy atom. The molecule has 1 heterocycles. The topological polar surface area (TPSA) is 39.4 Å². The molecule has 2 rings (SSSR count). The van der Waals surface area contributed by atoms with Crippen LogP contribution < -0.4 is 10.4 Å². The van der Waals surface area contributed by atoms with Crippen molar-refractivity contribution in [3.05, 3.63) is 40.8 Å². The van der Waals surface area contributed by atoms with Crippen LogP contribution in [0.2, 0.25) is 0 Å². The summed E-state index contributed by atoms with van der Waals surface area (Å²) in [6.45, 7) is 0. The van der Waals surface area contributed by atoms with Crippen LogP contribution in [0.25, 0.3) is 11.0 Å². The molecule has 0 amide bonds. The number of hydrogen-bond acceptors (Lipinski definition) is 3. The zero-order chi connectivity index (χ0) is 9.26. The minimum atomic E-state index is -0.443. The number of hydrogen-bond donors (Lipinski definition) is 0. The Bertz CT molecular complexity index is 490. The van der Waals surface area contributed by atoms with Crippen LogP contribution in [0.1, 0.15) is 0 Å². The maximum atomic E-state index is 11.2. The molecular weight excluding hydrogens is 191 g/mol. The van der Waals surface area contributed by atoms with Crippen LogP contribution in [0.3, 0.4) is 0 Å². The molecule has 0 spiro atoms. The number of methoxy groups -OCH3 is 1. The van der Waals surface area contributed by atoms with Crippen molar-refractivity contribution in [1.82, 2.24) is 0 Å². The standard InChI is InChI=1S/C10H8O3.Na.H/c1-12-9-6-7-4-2-3-5-8(7)13-10(9)11;;/h2-6H,1H3;;. The quantitative estimate of drug-likeness (QED) is 0.512. The zero-order valence-electron chi connectivity index (χ0n) is 7.11. The van der Waals surface area contributed by atoms with Gasteiger partial charge in [0.25, 0.3) is 0 Å². The monoisotopic (exact) mass is 200 g/mol. The summed E-state index contributed by atoms with van der Waals surface area (Å²) < 4.78 is 9.85. The van der Waals surface area contributed by atoms with Crippen molar-refractivity contribution in [1.29, 1.82) is 0 Å². The van der Waals surface area contributed by atoms with E-state index in [2.05, 4.69) is 0 Å².